The van der Waals surface area contributed by atoms with Crippen LogP contribution in [0.5, 0.6) is 5.75 Å². The molecule has 0 aromatic heterocycles. The Hall–Kier alpha value is -1.09. The van der Waals surface area contributed by atoms with Gasteiger partial charge in [-0.15, -0.1) is 0 Å². The van der Waals surface area contributed by atoms with E-state index in [1.165, 1.54) is 5.56 Å². The van der Waals surface area contributed by atoms with Crippen molar-refractivity contribution in [3.8, 4) is 5.75 Å². The van der Waals surface area contributed by atoms with Crippen molar-refractivity contribution < 1.29 is 9.13 Å². The Morgan fingerprint density at radius 3 is 2.35 bits per heavy atom. The summed E-state index contributed by atoms with van der Waals surface area (Å²) in [5, 5.41) is 0. The van der Waals surface area contributed by atoms with Crippen LogP contribution in [0.25, 0.3) is 0 Å². The fourth-order valence-electron chi connectivity index (χ4n) is 1.84. The summed E-state index contributed by atoms with van der Waals surface area (Å²) in [7, 11) is 0. The van der Waals surface area contributed by atoms with Crippen LogP contribution in [0.15, 0.2) is 24.3 Å². The zero-order chi connectivity index (χ0) is 12.7. The predicted octanol–water partition coefficient (Wildman–Crippen LogP) is 3.30. The van der Waals surface area contributed by atoms with Crippen molar-refractivity contribution in [3.63, 3.8) is 0 Å². The van der Waals surface area contributed by atoms with Crippen molar-refractivity contribution in [2.45, 2.75) is 39.2 Å². The van der Waals surface area contributed by atoms with Crippen molar-refractivity contribution in [1.82, 2.24) is 0 Å². The normalized spacial score (nSPS) is 14.4. The molecule has 1 aromatic carbocycles. The van der Waals surface area contributed by atoms with E-state index in [0.717, 1.165) is 19.3 Å². The van der Waals surface area contributed by atoms with Gasteiger partial charge in [0, 0.05) is 6.04 Å². The van der Waals surface area contributed by atoms with E-state index >= 15 is 0 Å². The number of nitrogens with two attached hydrogens (primary N) is 1. The summed E-state index contributed by atoms with van der Waals surface area (Å²) in [4.78, 5) is 0. The van der Waals surface area contributed by atoms with Gasteiger partial charge in [-0.1, -0.05) is 19.1 Å². The van der Waals surface area contributed by atoms with E-state index in [9.17, 15) is 4.39 Å². The van der Waals surface area contributed by atoms with E-state index < -0.39 is 6.86 Å². The molecule has 0 heterocycles. The van der Waals surface area contributed by atoms with Crippen LogP contribution < -0.4 is 10.5 Å². The van der Waals surface area contributed by atoms with Gasteiger partial charge in [-0.2, -0.15) is 0 Å². The minimum Gasteiger partial charge on any atom is -0.463 e. The van der Waals surface area contributed by atoms with E-state index in [-0.39, 0.29) is 6.04 Å². The molecule has 3 heteroatoms. The molecule has 0 amide bonds. The van der Waals surface area contributed by atoms with Crippen LogP contribution >= 0.6 is 0 Å². The van der Waals surface area contributed by atoms with E-state index in [2.05, 4.69) is 6.92 Å². The van der Waals surface area contributed by atoms with Crippen molar-refractivity contribution in [1.29, 1.82) is 0 Å². The molecule has 17 heavy (non-hydrogen) atoms. The lowest BCUT2D eigenvalue weighted by molar-refractivity contribution is 0.191. The van der Waals surface area contributed by atoms with Gasteiger partial charge < -0.3 is 10.5 Å². The molecule has 0 spiro atoms. The lowest BCUT2D eigenvalue weighted by Gasteiger charge is -2.13. The molecule has 0 radical (unpaired) electrons. The summed E-state index contributed by atoms with van der Waals surface area (Å²) in [6, 6.07) is 7.89. The second-order valence-corrected chi connectivity index (χ2v) is 4.76. The molecule has 0 unspecified atom stereocenters. The zero-order valence-corrected chi connectivity index (χ0v) is 10.7. The van der Waals surface area contributed by atoms with Crippen LogP contribution in [0, 0.1) is 5.92 Å². The van der Waals surface area contributed by atoms with E-state index in [4.69, 9.17) is 10.5 Å². The molecule has 0 aliphatic carbocycles. The lowest BCUT2D eigenvalue weighted by atomic mass is 9.95. The van der Waals surface area contributed by atoms with Gasteiger partial charge in [0.2, 0.25) is 6.86 Å². The highest BCUT2D eigenvalue weighted by Gasteiger charge is 2.05. The SMILES string of the molecule is C[C@@H](CC[C@H](C)N)Cc1ccc(OCF)cc1. The highest BCUT2D eigenvalue weighted by molar-refractivity contribution is 5.27. The summed E-state index contributed by atoms with van der Waals surface area (Å²) in [6.07, 6.45) is 3.23. The second-order valence-electron chi connectivity index (χ2n) is 4.76. The number of ether oxygens (including phenoxy) is 1. The van der Waals surface area contributed by atoms with Crippen LogP contribution in [0.2, 0.25) is 0 Å². The lowest BCUT2D eigenvalue weighted by Crippen LogP contribution is -2.16. The number of hydrogen-bond donors (Lipinski definition) is 1. The number of alkyl halides is 1. The van der Waals surface area contributed by atoms with Gasteiger partial charge >= 0.3 is 0 Å². The third-order valence-corrected chi connectivity index (χ3v) is 2.84. The largest absolute Gasteiger partial charge is 0.463 e. The minimum atomic E-state index is -0.774. The zero-order valence-electron chi connectivity index (χ0n) is 10.7. The monoisotopic (exact) mass is 239 g/mol. The van der Waals surface area contributed by atoms with Crippen molar-refractivity contribution in [2.75, 3.05) is 6.86 Å². The van der Waals surface area contributed by atoms with E-state index in [1.807, 2.05) is 31.2 Å². The van der Waals surface area contributed by atoms with Crippen molar-refractivity contribution >= 4 is 0 Å². The molecule has 0 saturated carbocycles. The average molecular weight is 239 g/mol. The Morgan fingerprint density at radius 2 is 1.82 bits per heavy atom. The molecule has 96 valence electrons. The Bertz CT molecular complexity index is 311. The molecule has 0 saturated heterocycles. The maximum absolute atomic E-state index is 11.9. The fraction of sp³-hybridized carbons (Fsp3) is 0.571. The first-order valence-corrected chi connectivity index (χ1v) is 6.15. The smallest absolute Gasteiger partial charge is 0.228 e. The molecule has 2 nitrogen and oxygen atoms in total. The maximum Gasteiger partial charge on any atom is 0.228 e. The number of benzene rings is 1. The van der Waals surface area contributed by atoms with Gasteiger partial charge in [0.1, 0.15) is 5.75 Å². The Kier molecular flexibility index (Phi) is 5.98. The van der Waals surface area contributed by atoms with Crippen molar-refractivity contribution in [3.05, 3.63) is 29.8 Å². The fourth-order valence-corrected chi connectivity index (χ4v) is 1.84. The molecule has 0 bridgehead atoms. The van der Waals surface area contributed by atoms with Crippen LogP contribution in [0.4, 0.5) is 4.39 Å². The third-order valence-electron chi connectivity index (χ3n) is 2.84. The van der Waals surface area contributed by atoms with Gasteiger partial charge in [-0.05, 0) is 49.8 Å². The Balaban J connectivity index is 2.40. The molecular formula is C14H22FNO. The van der Waals surface area contributed by atoms with Gasteiger partial charge in [-0.3, -0.25) is 0 Å². The summed E-state index contributed by atoms with van der Waals surface area (Å²) in [5.41, 5.74) is 6.99. The quantitative estimate of drug-likeness (QED) is 0.792. The van der Waals surface area contributed by atoms with Gasteiger partial charge in [0.05, 0.1) is 0 Å². The standard InChI is InChI=1S/C14H22FNO/c1-11(3-4-12(2)16)9-13-5-7-14(8-6-13)17-10-15/h5-8,11-12H,3-4,9-10,16H2,1-2H3/t11-,12-/m0/s1. The molecule has 2 atom stereocenters. The van der Waals surface area contributed by atoms with E-state index in [0.29, 0.717) is 11.7 Å². The summed E-state index contributed by atoms with van der Waals surface area (Å²) in [5.74, 6) is 1.20. The van der Waals surface area contributed by atoms with Crippen LogP contribution in [0.1, 0.15) is 32.3 Å². The Morgan fingerprint density at radius 1 is 1.18 bits per heavy atom. The average Bonchev–Trinajstić information content (AvgIpc) is 2.29. The first-order valence-electron chi connectivity index (χ1n) is 6.15. The first-order chi connectivity index (χ1) is 8.11. The van der Waals surface area contributed by atoms with E-state index in [1.54, 1.807) is 0 Å². The third kappa shape index (κ3) is 5.68. The van der Waals surface area contributed by atoms with Crippen LogP contribution in [-0.2, 0) is 6.42 Å². The molecule has 0 fully saturated rings. The molecule has 0 aliphatic heterocycles. The Labute approximate surface area is 103 Å². The topological polar surface area (TPSA) is 35.2 Å². The summed E-state index contributed by atoms with van der Waals surface area (Å²) in [6.45, 7) is 3.49. The predicted molar refractivity (Wildman–Crippen MR) is 68.8 cm³/mol. The highest BCUT2D eigenvalue weighted by atomic mass is 19.1. The van der Waals surface area contributed by atoms with Gasteiger partial charge in [0.25, 0.3) is 0 Å². The highest BCUT2D eigenvalue weighted by Crippen LogP contribution is 2.17. The minimum absolute atomic E-state index is 0.276. The first kappa shape index (κ1) is 14.0. The number of rotatable bonds is 7. The molecule has 1 rings (SSSR count). The van der Waals surface area contributed by atoms with Crippen LogP contribution in [-0.4, -0.2) is 12.9 Å². The number of halogens is 1. The molecular weight excluding hydrogens is 217 g/mol. The number of hydrogen-bond acceptors (Lipinski definition) is 2. The second kappa shape index (κ2) is 7.28. The molecule has 0 aliphatic rings. The van der Waals surface area contributed by atoms with Gasteiger partial charge in [0.15, 0.2) is 0 Å². The van der Waals surface area contributed by atoms with Crippen LogP contribution in [0.3, 0.4) is 0 Å². The summed E-state index contributed by atoms with van der Waals surface area (Å²) < 4.78 is 16.7. The van der Waals surface area contributed by atoms with Gasteiger partial charge in [-0.25, -0.2) is 4.39 Å². The summed E-state index contributed by atoms with van der Waals surface area (Å²) >= 11 is 0. The molecule has 1 aromatic rings. The maximum atomic E-state index is 11.9. The molecule has 2 N–H and O–H groups in total. The van der Waals surface area contributed by atoms with Crippen molar-refractivity contribution in [2.24, 2.45) is 11.7 Å².